The molecule has 0 aliphatic carbocycles. The van der Waals surface area contributed by atoms with Gasteiger partial charge in [-0.1, -0.05) is 39.4 Å². The molecule has 0 saturated carbocycles. The van der Waals surface area contributed by atoms with Gasteiger partial charge in [-0.15, -0.1) is 11.8 Å². The van der Waals surface area contributed by atoms with Crippen LogP contribution in [0.1, 0.15) is 11.3 Å². The van der Waals surface area contributed by atoms with Gasteiger partial charge in [0.15, 0.2) is 5.13 Å². The molecule has 2 rings (SSSR count). The van der Waals surface area contributed by atoms with E-state index in [4.69, 9.17) is 5.73 Å². The molecular formula is C11H11BrN2S2. The van der Waals surface area contributed by atoms with Crippen LogP contribution in [0.25, 0.3) is 0 Å². The number of nitrogen functional groups attached to an aromatic ring is 1. The zero-order valence-corrected chi connectivity index (χ0v) is 12.0. The van der Waals surface area contributed by atoms with Crippen molar-refractivity contribution in [3.63, 3.8) is 0 Å². The van der Waals surface area contributed by atoms with Crippen LogP contribution in [0.2, 0.25) is 0 Å². The van der Waals surface area contributed by atoms with Gasteiger partial charge in [-0.25, -0.2) is 4.98 Å². The highest BCUT2D eigenvalue weighted by Gasteiger charge is 2.05. The number of halogens is 1. The maximum absolute atomic E-state index is 5.66. The number of hydrogen-bond acceptors (Lipinski definition) is 4. The first-order chi connectivity index (χ1) is 7.65. The number of thiazole rings is 1. The molecule has 0 aliphatic heterocycles. The number of anilines is 1. The second-order valence-corrected chi connectivity index (χ2v) is 6.53. The van der Waals surface area contributed by atoms with Crippen LogP contribution in [0.15, 0.2) is 32.9 Å². The van der Waals surface area contributed by atoms with E-state index in [-0.39, 0.29) is 0 Å². The van der Waals surface area contributed by atoms with Crippen molar-refractivity contribution in [2.45, 2.75) is 16.9 Å². The average Bonchev–Trinajstić information content (AvgIpc) is 2.57. The maximum atomic E-state index is 5.66. The lowest BCUT2D eigenvalue weighted by Crippen LogP contribution is -1.81. The van der Waals surface area contributed by atoms with Crippen molar-refractivity contribution in [2.75, 3.05) is 5.73 Å². The molecular weight excluding hydrogens is 304 g/mol. The molecule has 0 radical (unpaired) electrons. The Morgan fingerprint density at radius 1 is 1.38 bits per heavy atom. The Morgan fingerprint density at radius 3 is 2.62 bits per heavy atom. The molecule has 84 valence electrons. The largest absolute Gasteiger partial charge is 0.375 e. The minimum absolute atomic E-state index is 0.649. The predicted octanol–water partition coefficient (Wildman–Crippen LogP) is 4.09. The number of thioether (sulfide) groups is 1. The minimum atomic E-state index is 0.649. The van der Waals surface area contributed by atoms with E-state index >= 15 is 0 Å². The Kier molecular flexibility index (Phi) is 3.89. The van der Waals surface area contributed by atoms with Crippen LogP contribution < -0.4 is 5.73 Å². The third kappa shape index (κ3) is 2.99. The molecule has 0 saturated heterocycles. The van der Waals surface area contributed by atoms with Gasteiger partial charge in [0.1, 0.15) is 0 Å². The molecule has 0 aliphatic rings. The monoisotopic (exact) mass is 314 g/mol. The second kappa shape index (κ2) is 5.21. The van der Waals surface area contributed by atoms with Crippen molar-refractivity contribution >= 4 is 44.2 Å². The van der Waals surface area contributed by atoms with Gasteiger partial charge in [-0.3, -0.25) is 0 Å². The van der Waals surface area contributed by atoms with Crippen LogP contribution in [-0.4, -0.2) is 4.98 Å². The molecule has 16 heavy (non-hydrogen) atoms. The van der Waals surface area contributed by atoms with Gasteiger partial charge in [-0.2, -0.15) is 0 Å². The standard InChI is InChI=1S/C11H11BrN2S2/c1-7-10(16-11(13)14-7)15-6-8-2-4-9(12)5-3-8/h2-5H,6H2,1H3,(H2,13,14). The van der Waals surface area contributed by atoms with Crippen LogP contribution in [0.4, 0.5) is 5.13 Å². The molecule has 0 bridgehead atoms. The summed E-state index contributed by atoms with van der Waals surface area (Å²) in [5, 5.41) is 0.649. The van der Waals surface area contributed by atoms with Crippen molar-refractivity contribution in [1.82, 2.24) is 4.98 Å². The number of nitrogens with zero attached hydrogens (tertiary/aromatic N) is 1. The van der Waals surface area contributed by atoms with Crippen LogP contribution in [0.3, 0.4) is 0 Å². The summed E-state index contributed by atoms with van der Waals surface area (Å²) in [5.74, 6) is 0.954. The summed E-state index contributed by atoms with van der Waals surface area (Å²) in [4.78, 5) is 4.21. The van der Waals surface area contributed by atoms with Crippen molar-refractivity contribution in [3.05, 3.63) is 40.0 Å². The first-order valence-corrected chi connectivity index (χ1v) is 7.35. The molecule has 2 nitrogen and oxygen atoms in total. The zero-order valence-electron chi connectivity index (χ0n) is 8.74. The van der Waals surface area contributed by atoms with Crippen LogP contribution in [-0.2, 0) is 5.75 Å². The third-order valence-corrected chi connectivity index (χ3v) is 5.00. The zero-order chi connectivity index (χ0) is 11.5. The lowest BCUT2D eigenvalue weighted by Gasteiger charge is -2.00. The average molecular weight is 315 g/mol. The van der Waals surface area contributed by atoms with Gasteiger partial charge in [0, 0.05) is 10.2 Å². The summed E-state index contributed by atoms with van der Waals surface area (Å²) < 4.78 is 2.32. The number of hydrogen-bond donors (Lipinski definition) is 1. The summed E-state index contributed by atoms with van der Waals surface area (Å²) >= 11 is 6.77. The van der Waals surface area contributed by atoms with Crippen molar-refractivity contribution in [1.29, 1.82) is 0 Å². The molecule has 0 amide bonds. The van der Waals surface area contributed by atoms with Gasteiger partial charge in [0.05, 0.1) is 9.90 Å². The molecule has 1 aromatic carbocycles. The molecule has 0 spiro atoms. The number of aryl methyl sites for hydroxylation is 1. The minimum Gasteiger partial charge on any atom is -0.375 e. The topological polar surface area (TPSA) is 38.9 Å². The van der Waals surface area contributed by atoms with Crippen LogP contribution in [0, 0.1) is 6.92 Å². The number of aromatic nitrogens is 1. The Morgan fingerprint density at radius 2 is 2.06 bits per heavy atom. The first kappa shape index (κ1) is 12.0. The number of nitrogens with two attached hydrogens (primary N) is 1. The summed E-state index contributed by atoms with van der Waals surface area (Å²) in [6.07, 6.45) is 0. The van der Waals surface area contributed by atoms with E-state index in [0.29, 0.717) is 5.13 Å². The Bertz CT molecular complexity index is 479. The van der Waals surface area contributed by atoms with Crippen molar-refractivity contribution in [3.8, 4) is 0 Å². The molecule has 1 heterocycles. The fraction of sp³-hybridized carbons (Fsp3) is 0.182. The highest BCUT2D eigenvalue weighted by atomic mass is 79.9. The normalized spacial score (nSPS) is 10.6. The summed E-state index contributed by atoms with van der Waals surface area (Å²) in [6.45, 7) is 2.00. The molecule has 0 atom stereocenters. The van der Waals surface area contributed by atoms with E-state index in [1.54, 1.807) is 23.1 Å². The van der Waals surface area contributed by atoms with Crippen LogP contribution >= 0.6 is 39.0 Å². The lowest BCUT2D eigenvalue weighted by atomic mass is 10.2. The van der Waals surface area contributed by atoms with E-state index < -0.39 is 0 Å². The number of rotatable bonds is 3. The fourth-order valence-corrected chi connectivity index (χ4v) is 3.51. The van der Waals surface area contributed by atoms with Gasteiger partial charge in [-0.05, 0) is 24.6 Å². The van der Waals surface area contributed by atoms with Crippen molar-refractivity contribution in [2.24, 2.45) is 0 Å². The maximum Gasteiger partial charge on any atom is 0.181 e. The Labute approximate surface area is 111 Å². The Balaban J connectivity index is 2.02. The van der Waals surface area contributed by atoms with E-state index in [0.717, 1.165) is 15.9 Å². The van der Waals surface area contributed by atoms with E-state index in [2.05, 4.69) is 45.2 Å². The van der Waals surface area contributed by atoms with Gasteiger partial charge in [0.25, 0.3) is 0 Å². The van der Waals surface area contributed by atoms with Crippen LogP contribution in [0.5, 0.6) is 0 Å². The molecule has 0 fully saturated rings. The van der Waals surface area contributed by atoms with E-state index in [1.807, 2.05) is 6.92 Å². The molecule has 2 N–H and O–H groups in total. The van der Waals surface area contributed by atoms with Gasteiger partial charge < -0.3 is 5.73 Å². The summed E-state index contributed by atoms with van der Waals surface area (Å²) in [7, 11) is 0. The molecule has 1 aromatic heterocycles. The summed E-state index contributed by atoms with van der Waals surface area (Å²) in [6, 6.07) is 8.36. The number of benzene rings is 1. The SMILES string of the molecule is Cc1nc(N)sc1SCc1ccc(Br)cc1. The van der Waals surface area contributed by atoms with Gasteiger partial charge >= 0.3 is 0 Å². The summed E-state index contributed by atoms with van der Waals surface area (Å²) in [5.41, 5.74) is 7.99. The molecule has 5 heteroatoms. The molecule has 0 unspecified atom stereocenters. The van der Waals surface area contributed by atoms with E-state index in [1.165, 1.54) is 9.77 Å². The third-order valence-electron chi connectivity index (χ3n) is 2.05. The van der Waals surface area contributed by atoms with Gasteiger partial charge in [0.2, 0.25) is 0 Å². The predicted molar refractivity (Wildman–Crippen MR) is 75.0 cm³/mol. The second-order valence-electron chi connectivity index (χ2n) is 3.34. The fourth-order valence-electron chi connectivity index (χ4n) is 1.27. The highest BCUT2D eigenvalue weighted by molar-refractivity contribution is 9.10. The smallest absolute Gasteiger partial charge is 0.181 e. The van der Waals surface area contributed by atoms with Crippen molar-refractivity contribution < 1.29 is 0 Å². The highest BCUT2D eigenvalue weighted by Crippen LogP contribution is 2.32. The first-order valence-electron chi connectivity index (χ1n) is 4.75. The Hall–Kier alpha value is -0.520. The van der Waals surface area contributed by atoms with E-state index in [9.17, 15) is 0 Å². The quantitative estimate of drug-likeness (QED) is 0.867. The lowest BCUT2D eigenvalue weighted by molar-refractivity contribution is 1.21. The molecule has 2 aromatic rings.